The molecule has 0 unspecified atom stereocenters. The number of nitrogens with one attached hydrogen (secondary N) is 1. The number of hydrogen-bond acceptors (Lipinski definition) is 6. The Kier molecular flexibility index (Phi) is 6.77. The number of carbonyl (C=O) groups is 1. The van der Waals surface area contributed by atoms with E-state index in [1.165, 1.54) is 22.4 Å². The lowest BCUT2D eigenvalue weighted by Gasteiger charge is -2.06. The van der Waals surface area contributed by atoms with Gasteiger partial charge in [0, 0.05) is 28.9 Å². The number of anilines is 1. The van der Waals surface area contributed by atoms with Gasteiger partial charge in [-0.15, -0.1) is 5.10 Å². The van der Waals surface area contributed by atoms with Gasteiger partial charge >= 0.3 is 5.69 Å². The predicted octanol–water partition coefficient (Wildman–Crippen LogP) is 3.87. The average Bonchev–Trinajstić information content (AvgIpc) is 3.11. The van der Waals surface area contributed by atoms with Crippen LogP contribution in [0.4, 0.5) is 5.69 Å². The third-order valence-electron chi connectivity index (χ3n) is 4.50. The van der Waals surface area contributed by atoms with Crippen molar-refractivity contribution in [2.24, 2.45) is 0 Å². The van der Waals surface area contributed by atoms with Crippen LogP contribution in [-0.2, 0) is 17.1 Å². The highest BCUT2D eigenvalue weighted by atomic mass is 35.5. The number of benzene rings is 2. The highest BCUT2D eigenvalue weighted by Gasteiger charge is 2.15. The monoisotopic (exact) mass is 469 g/mol. The summed E-state index contributed by atoms with van der Waals surface area (Å²) in [6.07, 6.45) is 3.09. The molecular weight excluding hydrogens is 450 g/mol. The van der Waals surface area contributed by atoms with Gasteiger partial charge in [-0.2, -0.15) is 0 Å². The van der Waals surface area contributed by atoms with Crippen LogP contribution in [0, 0.1) is 0 Å². The molecule has 0 saturated carbocycles. The first-order chi connectivity index (χ1) is 15.5. The number of hydrogen-bond donors (Lipinski definition) is 1. The molecule has 0 fully saturated rings. The molecule has 2 aromatic heterocycles. The lowest BCUT2D eigenvalue weighted by molar-refractivity contribution is -0.117. The lowest BCUT2D eigenvalue weighted by Crippen LogP contribution is -2.28. The second-order valence-corrected chi connectivity index (χ2v) is 8.19. The molecule has 1 N–H and O–H groups in total. The van der Waals surface area contributed by atoms with Gasteiger partial charge in [0.25, 0.3) is 0 Å². The van der Waals surface area contributed by atoms with Crippen LogP contribution in [0.25, 0.3) is 5.65 Å². The smallest absolute Gasteiger partial charge is 0.350 e. The molecule has 4 aromatic rings. The normalized spacial score (nSPS) is 10.9. The Bertz CT molecular complexity index is 1290. The molecule has 2 aromatic carbocycles. The highest BCUT2D eigenvalue weighted by Crippen LogP contribution is 2.24. The Morgan fingerprint density at radius 1 is 1.16 bits per heavy atom. The molecular formula is C22H20ClN5O3S. The summed E-state index contributed by atoms with van der Waals surface area (Å²) in [5.41, 5.74) is 1.68. The quantitative estimate of drug-likeness (QED) is 0.394. The molecule has 0 spiro atoms. The summed E-state index contributed by atoms with van der Waals surface area (Å²) < 4.78 is 7.91. The topological polar surface area (TPSA) is 90.5 Å². The third-order valence-corrected chi connectivity index (χ3v) is 5.79. The summed E-state index contributed by atoms with van der Waals surface area (Å²) in [5, 5.41) is 8.38. The van der Waals surface area contributed by atoms with Crippen molar-refractivity contribution >= 4 is 40.6 Å². The number of carbonyl (C=O) groups excluding carboxylic acids is 1. The van der Waals surface area contributed by atoms with Crippen LogP contribution < -0.4 is 15.7 Å². The van der Waals surface area contributed by atoms with E-state index in [0.29, 0.717) is 33.7 Å². The van der Waals surface area contributed by atoms with E-state index in [2.05, 4.69) is 15.4 Å². The first-order valence-electron chi connectivity index (χ1n) is 9.87. The van der Waals surface area contributed by atoms with E-state index >= 15 is 0 Å². The summed E-state index contributed by atoms with van der Waals surface area (Å²) in [4.78, 5) is 29.5. The number of halogens is 1. The van der Waals surface area contributed by atoms with Crippen LogP contribution in [0.15, 0.2) is 70.7 Å². The van der Waals surface area contributed by atoms with Gasteiger partial charge in [0.15, 0.2) is 5.65 Å². The number of nitrogens with zero attached hydrogens (tertiary/aromatic N) is 4. The van der Waals surface area contributed by atoms with Gasteiger partial charge in [-0.05, 0) is 48.9 Å². The van der Waals surface area contributed by atoms with Crippen LogP contribution in [0.5, 0.6) is 5.75 Å². The maximum atomic E-state index is 12.7. The number of fused-ring (bicyclic) bond motifs is 1. The Morgan fingerprint density at radius 2 is 1.91 bits per heavy atom. The van der Waals surface area contributed by atoms with Crippen LogP contribution in [-0.4, -0.2) is 31.7 Å². The Morgan fingerprint density at radius 3 is 2.62 bits per heavy atom. The molecule has 0 aliphatic carbocycles. The zero-order valence-electron chi connectivity index (χ0n) is 17.2. The average molecular weight is 470 g/mol. The molecule has 1 amide bonds. The lowest BCUT2D eigenvalue weighted by atomic mass is 10.2. The summed E-state index contributed by atoms with van der Waals surface area (Å²) in [6, 6.07) is 14.5. The van der Waals surface area contributed by atoms with Crippen molar-refractivity contribution in [2.45, 2.75) is 24.2 Å². The molecule has 0 saturated heterocycles. The SMILES string of the molecule is CCOc1ccc(NC(=O)Cn2nc3c(SCc4ccc(Cl)cc4)nccn3c2=O)cc1. The second-order valence-electron chi connectivity index (χ2n) is 6.79. The number of amides is 1. The largest absolute Gasteiger partial charge is 0.494 e. The minimum Gasteiger partial charge on any atom is -0.494 e. The minimum absolute atomic E-state index is 0.213. The molecule has 0 atom stereocenters. The Balaban J connectivity index is 1.47. The van der Waals surface area contributed by atoms with Crippen molar-refractivity contribution < 1.29 is 9.53 Å². The molecule has 2 heterocycles. The van der Waals surface area contributed by atoms with Gasteiger partial charge in [-0.1, -0.05) is 35.5 Å². The summed E-state index contributed by atoms with van der Waals surface area (Å²) in [5.74, 6) is 1.00. The maximum absolute atomic E-state index is 12.7. The predicted molar refractivity (Wildman–Crippen MR) is 125 cm³/mol. The van der Waals surface area contributed by atoms with Gasteiger partial charge in [0.05, 0.1) is 6.61 Å². The van der Waals surface area contributed by atoms with E-state index in [4.69, 9.17) is 16.3 Å². The Labute approximate surface area is 193 Å². The first kappa shape index (κ1) is 21.9. The standard InChI is InChI=1S/C22H20ClN5O3S/c1-2-31-18-9-7-17(8-10-18)25-19(29)13-28-22(30)27-12-11-24-21(20(27)26-28)32-14-15-3-5-16(23)6-4-15/h3-12H,2,13-14H2,1H3,(H,25,29). The van der Waals surface area contributed by atoms with Crippen LogP contribution >= 0.6 is 23.4 Å². The zero-order chi connectivity index (χ0) is 22.5. The fourth-order valence-corrected chi connectivity index (χ4v) is 4.03. The molecule has 164 valence electrons. The van der Waals surface area contributed by atoms with Gasteiger partial charge in [-0.25, -0.2) is 18.9 Å². The third kappa shape index (κ3) is 5.12. The minimum atomic E-state index is -0.405. The number of aromatic nitrogens is 4. The highest BCUT2D eigenvalue weighted by molar-refractivity contribution is 7.98. The second kappa shape index (κ2) is 9.88. The van der Waals surface area contributed by atoms with E-state index in [9.17, 15) is 9.59 Å². The number of ether oxygens (including phenoxy) is 1. The van der Waals surface area contributed by atoms with E-state index in [0.717, 1.165) is 16.0 Å². The van der Waals surface area contributed by atoms with Crippen molar-refractivity contribution in [1.82, 2.24) is 19.2 Å². The van der Waals surface area contributed by atoms with E-state index < -0.39 is 5.69 Å². The van der Waals surface area contributed by atoms with Crippen molar-refractivity contribution in [3.63, 3.8) is 0 Å². The van der Waals surface area contributed by atoms with Crippen molar-refractivity contribution in [2.75, 3.05) is 11.9 Å². The fraction of sp³-hybridized carbons (Fsp3) is 0.182. The van der Waals surface area contributed by atoms with Gasteiger partial charge in [-0.3, -0.25) is 4.79 Å². The van der Waals surface area contributed by atoms with Crippen molar-refractivity contribution in [3.05, 3.63) is 82.0 Å². The molecule has 4 rings (SSSR count). The van der Waals surface area contributed by atoms with Crippen molar-refractivity contribution in [3.8, 4) is 5.75 Å². The van der Waals surface area contributed by atoms with E-state index in [1.807, 2.05) is 31.2 Å². The summed E-state index contributed by atoms with van der Waals surface area (Å²) in [7, 11) is 0. The van der Waals surface area contributed by atoms with Gasteiger partial charge in [0.2, 0.25) is 5.91 Å². The summed E-state index contributed by atoms with van der Waals surface area (Å²) in [6.45, 7) is 2.26. The molecule has 8 nitrogen and oxygen atoms in total. The fourth-order valence-electron chi connectivity index (χ4n) is 3.00. The molecule has 0 aliphatic heterocycles. The van der Waals surface area contributed by atoms with E-state index in [-0.39, 0.29) is 12.5 Å². The molecule has 32 heavy (non-hydrogen) atoms. The van der Waals surface area contributed by atoms with Crippen LogP contribution in [0.1, 0.15) is 12.5 Å². The molecule has 0 aliphatic rings. The van der Waals surface area contributed by atoms with Crippen molar-refractivity contribution in [1.29, 1.82) is 0 Å². The number of thioether (sulfide) groups is 1. The summed E-state index contributed by atoms with van der Waals surface area (Å²) >= 11 is 7.39. The molecule has 0 bridgehead atoms. The zero-order valence-corrected chi connectivity index (χ0v) is 18.8. The van der Waals surface area contributed by atoms with Crippen LogP contribution in [0.2, 0.25) is 5.02 Å². The van der Waals surface area contributed by atoms with Crippen LogP contribution in [0.3, 0.4) is 0 Å². The van der Waals surface area contributed by atoms with Gasteiger partial charge < -0.3 is 10.1 Å². The number of rotatable bonds is 8. The van der Waals surface area contributed by atoms with E-state index in [1.54, 1.807) is 30.5 Å². The Hall–Kier alpha value is -3.30. The maximum Gasteiger partial charge on any atom is 0.350 e. The first-order valence-corrected chi connectivity index (χ1v) is 11.2. The van der Waals surface area contributed by atoms with Gasteiger partial charge in [0.1, 0.15) is 17.3 Å². The molecule has 0 radical (unpaired) electrons. The molecule has 10 heteroatoms.